The molecule has 3 fully saturated rings. The number of hydrogen-bond donors (Lipinski definition) is 1. The molecule has 0 aliphatic carbocycles. The van der Waals surface area contributed by atoms with E-state index < -0.39 is 0 Å². The highest BCUT2D eigenvalue weighted by molar-refractivity contribution is 4.97. The van der Waals surface area contributed by atoms with Gasteiger partial charge in [0.2, 0.25) is 0 Å². The predicted molar refractivity (Wildman–Crippen MR) is 72.7 cm³/mol. The van der Waals surface area contributed by atoms with Gasteiger partial charge >= 0.3 is 0 Å². The molecule has 4 atom stereocenters. The number of likely N-dealkylation sites (N-methyl/N-ethyl adjacent to an activating group) is 1. The molecule has 0 bridgehead atoms. The Morgan fingerprint density at radius 1 is 1.28 bits per heavy atom. The minimum absolute atomic E-state index is 0.424. The third-order valence-corrected chi connectivity index (χ3v) is 5.16. The SMILES string of the molecule is CCN1CCOC(CN2CC3CNCC3C2C)C1. The zero-order valence-electron chi connectivity index (χ0n) is 11.8. The monoisotopic (exact) mass is 253 g/mol. The van der Waals surface area contributed by atoms with Crippen LogP contribution in [0.4, 0.5) is 0 Å². The third kappa shape index (κ3) is 2.44. The first kappa shape index (κ1) is 12.9. The van der Waals surface area contributed by atoms with Crippen molar-refractivity contribution in [1.82, 2.24) is 15.1 Å². The summed E-state index contributed by atoms with van der Waals surface area (Å²) in [5.74, 6) is 1.75. The molecule has 1 N–H and O–H groups in total. The Balaban J connectivity index is 1.53. The van der Waals surface area contributed by atoms with Crippen molar-refractivity contribution in [2.24, 2.45) is 11.8 Å². The maximum Gasteiger partial charge on any atom is 0.0829 e. The Kier molecular flexibility index (Phi) is 3.89. The fourth-order valence-electron chi connectivity index (χ4n) is 3.94. The van der Waals surface area contributed by atoms with Gasteiger partial charge in [-0.1, -0.05) is 6.92 Å². The highest BCUT2D eigenvalue weighted by atomic mass is 16.5. The van der Waals surface area contributed by atoms with E-state index >= 15 is 0 Å². The van der Waals surface area contributed by atoms with E-state index in [4.69, 9.17) is 4.74 Å². The minimum Gasteiger partial charge on any atom is -0.374 e. The summed E-state index contributed by atoms with van der Waals surface area (Å²) in [6.45, 7) is 13.8. The van der Waals surface area contributed by atoms with Crippen molar-refractivity contribution in [2.45, 2.75) is 26.0 Å². The van der Waals surface area contributed by atoms with Crippen LogP contribution in [0.15, 0.2) is 0 Å². The zero-order valence-corrected chi connectivity index (χ0v) is 11.8. The summed E-state index contributed by atoms with van der Waals surface area (Å²) < 4.78 is 5.94. The molecule has 3 aliphatic rings. The number of hydrogen-bond acceptors (Lipinski definition) is 4. The van der Waals surface area contributed by atoms with Gasteiger partial charge < -0.3 is 10.1 Å². The molecule has 0 spiro atoms. The average Bonchev–Trinajstić information content (AvgIpc) is 2.95. The first-order valence-electron chi connectivity index (χ1n) is 7.56. The van der Waals surface area contributed by atoms with Gasteiger partial charge in [-0.15, -0.1) is 0 Å². The van der Waals surface area contributed by atoms with E-state index in [2.05, 4.69) is 29.0 Å². The van der Waals surface area contributed by atoms with Crippen LogP contribution in [0, 0.1) is 11.8 Å². The number of nitrogens with one attached hydrogen (secondary N) is 1. The quantitative estimate of drug-likeness (QED) is 0.780. The van der Waals surface area contributed by atoms with Crippen molar-refractivity contribution in [3.05, 3.63) is 0 Å². The lowest BCUT2D eigenvalue weighted by atomic mass is 9.95. The molecule has 18 heavy (non-hydrogen) atoms. The van der Waals surface area contributed by atoms with Crippen LogP contribution in [-0.4, -0.2) is 74.4 Å². The van der Waals surface area contributed by atoms with Crippen LogP contribution in [0.5, 0.6) is 0 Å². The van der Waals surface area contributed by atoms with Crippen LogP contribution in [0.1, 0.15) is 13.8 Å². The molecule has 3 saturated heterocycles. The van der Waals surface area contributed by atoms with Crippen LogP contribution >= 0.6 is 0 Å². The van der Waals surface area contributed by atoms with Crippen LogP contribution in [0.3, 0.4) is 0 Å². The largest absolute Gasteiger partial charge is 0.374 e. The highest BCUT2D eigenvalue weighted by Gasteiger charge is 2.42. The fourth-order valence-corrected chi connectivity index (χ4v) is 3.94. The normalized spacial score (nSPS) is 42.3. The number of fused-ring (bicyclic) bond motifs is 1. The highest BCUT2D eigenvalue weighted by Crippen LogP contribution is 2.32. The summed E-state index contributed by atoms with van der Waals surface area (Å²) in [5, 5.41) is 3.53. The Bertz CT molecular complexity index is 286. The van der Waals surface area contributed by atoms with Gasteiger partial charge in [-0.25, -0.2) is 0 Å². The van der Waals surface area contributed by atoms with Gasteiger partial charge in [0.25, 0.3) is 0 Å². The first-order valence-corrected chi connectivity index (χ1v) is 7.56. The summed E-state index contributed by atoms with van der Waals surface area (Å²) in [4.78, 5) is 5.18. The first-order chi connectivity index (χ1) is 8.78. The van der Waals surface area contributed by atoms with Crippen molar-refractivity contribution in [3.8, 4) is 0 Å². The van der Waals surface area contributed by atoms with Gasteiger partial charge in [-0.3, -0.25) is 9.80 Å². The molecule has 3 rings (SSSR count). The van der Waals surface area contributed by atoms with Crippen LogP contribution in [-0.2, 0) is 4.74 Å². The molecule has 0 aromatic rings. The number of nitrogens with zero attached hydrogens (tertiary/aromatic N) is 2. The molecule has 4 nitrogen and oxygen atoms in total. The van der Waals surface area contributed by atoms with E-state index in [9.17, 15) is 0 Å². The molecule has 4 unspecified atom stereocenters. The van der Waals surface area contributed by atoms with Crippen molar-refractivity contribution in [3.63, 3.8) is 0 Å². The number of likely N-dealkylation sites (tertiary alicyclic amines) is 1. The molecule has 0 aromatic heterocycles. The van der Waals surface area contributed by atoms with Crippen LogP contribution in [0.2, 0.25) is 0 Å². The second kappa shape index (κ2) is 5.45. The lowest BCUT2D eigenvalue weighted by molar-refractivity contribution is -0.0437. The third-order valence-electron chi connectivity index (χ3n) is 5.16. The van der Waals surface area contributed by atoms with Gasteiger partial charge in [0.1, 0.15) is 0 Å². The maximum absolute atomic E-state index is 5.94. The summed E-state index contributed by atoms with van der Waals surface area (Å²) in [6, 6.07) is 0.727. The molecule has 4 heteroatoms. The van der Waals surface area contributed by atoms with E-state index in [1.54, 1.807) is 0 Å². The van der Waals surface area contributed by atoms with Crippen LogP contribution < -0.4 is 5.32 Å². The summed E-state index contributed by atoms with van der Waals surface area (Å²) >= 11 is 0. The molecule has 0 radical (unpaired) electrons. The maximum atomic E-state index is 5.94. The minimum atomic E-state index is 0.424. The van der Waals surface area contributed by atoms with E-state index in [1.165, 1.54) is 19.6 Å². The summed E-state index contributed by atoms with van der Waals surface area (Å²) in [5.41, 5.74) is 0. The average molecular weight is 253 g/mol. The molecule has 104 valence electrons. The fraction of sp³-hybridized carbons (Fsp3) is 1.00. The van der Waals surface area contributed by atoms with E-state index in [0.717, 1.165) is 50.7 Å². The standard InChI is InChI=1S/C14H27N3O/c1-3-16-4-5-18-13(9-16)10-17-8-12-6-15-7-14(12)11(17)2/h11-15H,3-10H2,1-2H3. The van der Waals surface area contributed by atoms with Gasteiger partial charge in [0.05, 0.1) is 12.7 Å². The van der Waals surface area contributed by atoms with Crippen molar-refractivity contribution >= 4 is 0 Å². The number of ether oxygens (including phenoxy) is 1. The van der Waals surface area contributed by atoms with Gasteiger partial charge in [-0.2, -0.15) is 0 Å². The number of rotatable bonds is 3. The Labute approximate surface area is 111 Å². The Hall–Kier alpha value is -0.160. The Morgan fingerprint density at radius 3 is 2.94 bits per heavy atom. The molecular weight excluding hydrogens is 226 g/mol. The molecular formula is C14H27N3O. The van der Waals surface area contributed by atoms with Gasteiger partial charge in [0, 0.05) is 32.2 Å². The molecule has 3 heterocycles. The second-order valence-corrected chi connectivity index (χ2v) is 6.16. The van der Waals surface area contributed by atoms with Gasteiger partial charge in [-0.05, 0) is 38.4 Å². The summed E-state index contributed by atoms with van der Waals surface area (Å²) in [6.07, 6.45) is 0.424. The van der Waals surface area contributed by atoms with Crippen molar-refractivity contribution in [2.75, 3.05) is 52.4 Å². The van der Waals surface area contributed by atoms with E-state index in [0.29, 0.717) is 6.10 Å². The second-order valence-electron chi connectivity index (χ2n) is 6.16. The van der Waals surface area contributed by atoms with Crippen molar-refractivity contribution < 1.29 is 4.74 Å². The van der Waals surface area contributed by atoms with E-state index in [1.807, 2.05) is 0 Å². The molecule has 0 aromatic carbocycles. The lowest BCUT2D eigenvalue weighted by Gasteiger charge is -2.35. The Morgan fingerprint density at radius 2 is 2.17 bits per heavy atom. The van der Waals surface area contributed by atoms with Crippen molar-refractivity contribution in [1.29, 1.82) is 0 Å². The topological polar surface area (TPSA) is 27.7 Å². The molecule has 0 amide bonds. The number of morpholine rings is 1. The zero-order chi connectivity index (χ0) is 12.5. The van der Waals surface area contributed by atoms with Gasteiger partial charge in [0.15, 0.2) is 0 Å². The lowest BCUT2D eigenvalue weighted by Crippen LogP contribution is -2.48. The van der Waals surface area contributed by atoms with E-state index in [-0.39, 0.29) is 0 Å². The van der Waals surface area contributed by atoms with Crippen LogP contribution in [0.25, 0.3) is 0 Å². The molecule has 3 aliphatic heterocycles. The summed E-state index contributed by atoms with van der Waals surface area (Å²) in [7, 11) is 0. The predicted octanol–water partition coefficient (Wildman–Crippen LogP) is 0.247. The smallest absolute Gasteiger partial charge is 0.0829 e. The molecule has 0 saturated carbocycles.